The molecule has 0 aliphatic heterocycles. The average Bonchev–Trinajstić information content (AvgIpc) is 3.17. The lowest BCUT2D eigenvalue weighted by atomic mass is 10.2. The largest absolute Gasteiger partial charge is 0.265 e. The molecule has 0 spiro atoms. The van der Waals surface area contributed by atoms with Gasteiger partial charge < -0.3 is 0 Å². The van der Waals surface area contributed by atoms with Crippen molar-refractivity contribution in [2.45, 2.75) is 62.3 Å². The van der Waals surface area contributed by atoms with Crippen LogP contribution in [-0.4, -0.2) is 29.9 Å². The number of rotatable bonds is 0. The highest BCUT2D eigenvalue weighted by Gasteiger charge is 1.96. The van der Waals surface area contributed by atoms with Crippen LogP contribution in [0.25, 0.3) is 0 Å². The van der Waals surface area contributed by atoms with Crippen molar-refractivity contribution in [1.29, 1.82) is 0 Å². The average molecular weight is 766 g/mol. The van der Waals surface area contributed by atoms with Crippen LogP contribution in [0.4, 0.5) is 4.39 Å². The number of nitrogens with zero attached hydrogens (tertiary/aromatic N) is 6. The Morgan fingerprint density at radius 1 is 0.407 bits per heavy atom. The lowest BCUT2D eigenvalue weighted by Gasteiger charge is -1.96. The van der Waals surface area contributed by atoms with Crippen LogP contribution in [0.5, 0.6) is 0 Å². The van der Waals surface area contributed by atoms with Gasteiger partial charge in [0.15, 0.2) is 0 Å². The Morgan fingerprint density at radius 3 is 1.20 bits per heavy atom. The molecule has 0 unspecified atom stereocenters. The highest BCUT2D eigenvalue weighted by molar-refractivity contribution is 6.35. The van der Waals surface area contributed by atoms with E-state index < -0.39 is 0 Å². The third-order valence-electron chi connectivity index (χ3n) is 7.19. The van der Waals surface area contributed by atoms with Gasteiger partial charge in [0.25, 0.3) is 0 Å². The van der Waals surface area contributed by atoms with Crippen LogP contribution in [0.3, 0.4) is 0 Å². The number of hydrogen-bond acceptors (Lipinski definition) is 6. The predicted molar refractivity (Wildman–Crippen MR) is 224 cm³/mol. The number of hydrogen-bond donors (Lipinski definition) is 0. The molecule has 0 bridgehead atoms. The van der Waals surface area contributed by atoms with Gasteiger partial charge in [0.05, 0.1) is 6.20 Å². The predicted octanol–water partition coefficient (Wildman–Crippen LogP) is 12.4. The quantitative estimate of drug-likeness (QED) is 0.153. The second-order valence-corrected chi connectivity index (χ2v) is 12.6. The van der Waals surface area contributed by atoms with Crippen LogP contribution in [0.15, 0.2) is 147 Å². The summed E-state index contributed by atoms with van der Waals surface area (Å²) in [5, 5.41) is 1.45. The molecule has 0 saturated heterocycles. The molecular weight excluding hydrogens is 714 g/mol. The lowest BCUT2D eigenvalue weighted by Crippen LogP contribution is -1.81. The molecule has 6 aromatic heterocycles. The van der Waals surface area contributed by atoms with Crippen molar-refractivity contribution in [3.63, 3.8) is 0 Å². The van der Waals surface area contributed by atoms with E-state index in [0.29, 0.717) is 5.56 Å². The Labute approximate surface area is 331 Å². The van der Waals surface area contributed by atoms with E-state index in [4.69, 9.17) is 23.2 Å². The molecule has 0 radical (unpaired) electrons. The smallest absolute Gasteiger partial charge is 0.144 e. The van der Waals surface area contributed by atoms with Crippen molar-refractivity contribution in [2.24, 2.45) is 0 Å². The van der Waals surface area contributed by atoms with Gasteiger partial charge >= 0.3 is 0 Å². The number of halogens is 3. The normalized spacial score (nSPS) is 9.11. The summed E-state index contributed by atoms with van der Waals surface area (Å²) in [5.74, 6) is -0.243. The molecule has 1 aromatic carbocycles. The van der Waals surface area contributed by atoms with Crippen molar-refractivity contribution in [3.8, 4) is 0 Å². The number of benzene rings is 1. The maximum Gasteiger partial charge on any atom is 0.144 e. The Hall–Kier alpha value is -5.37. The maximum absolute atomic E-state index is 12.3. The van der Waals surface area contributed by atoms with Crippen molar-refractivity contribution in [3.05, 3.63) is 213 Å². The van der Waals surface area contributed by atoms with E-state index in [1.807, 2.05) is 133 Å². The van der Waals surface area contributed by atoms with E-state index in [-0.39, 0.29) is 5.82 Å². The molecular formula is C45H51Cl2FN6. The third kappa shape index (κ3) is 22.5. The monoisotopic (exact) mass is 764 g/mol. The molecule has 0 aliphatic rings. The van der Waals surface area contributed by atoms with E-state index in [9.17, 15) is 4.39 Å². The summed E-state index contributed by atoms with van der Waals surface area (Å²) in [6, 6.07) is 28.9. The first-order valence-electron chi connectivity index (χ1n) is 17.2. The van der Waals surface area contributed by atoms with E-state index in [1.54, 1.807) is 44.0 Å². The molecule has 0 N–H and O–H groups in total. The molecule has 9 heteroatoms. The van der Waals surface area contributed by atoms with Gasteiger partial charge in [-0.15, -0.1) is 0 Å². The first kappa shape index (κ1) is 46.7. The van der Waals surface area contributed by atoms with Gasteiger partial charge in [-0.2, -0.15) is 0 Å². The fourth-order valence-electron chi connectivity index (χ4n) is 3.48. The maximum atomic E-state index is 12.3. The molecule has 0 atom stereocenters. The van der Waals surface area contributed by atoms with E-state index in [1.165, 1.54) is 28.5 Å². The van der Waals surface area contributed by atoms with Crippen molar-refractivity contribution in [2.75, 3.05) is 0 Å². The summed E-state index contributed by atoms with van der Waals surface area (Å²) in [7, 11) is 0. The molecule has 54 heavy (non-hydrogen) atoms. The molecule has 0 fully saturated rings. The zero-order chi connectivity index (χ0) is 40.1. The molecule has 0 amide bonds. The van der Waals surface area contributed by atoms with Gasteiger partial charge in [0.2, 0.25) is 0 Å². The molecule has 0 saturated carbocycles. The van der Waals surface area contributed by atoms with Crippen LogP contribution in [-0.2, 0) is 0 Å². The zero-order valence-corrected chi connectivity index (χ0v) is 34.2. The Kier molecular flexibility index (Phi) is 24.3. The molecule has 6 nitrogen and oxygen atoms in total. The summed E-state index contributed by atoms with van der Waals surface area (Å²) in [5.41, 5.74) is 9.88. The number of aromatic nitrogens is 6. The Bertz CT molecular complexity index is 1720. The van der Waals surface area contributed by atoms with E-state index in [2.05, 4.69) is 55.9 Å². The summed E-state index contributed by atoms with van der Waals surface area (Å²) < 4.78 is 12.3. The van der Waals surface area contributed by atoms with Crippen LogP contribution in [0.1, 0.15) is 50.5 Å². The third-order valence-corrected chi connectivity index (χ3v) is 8.01. The fraction of sp³-hybridized carbons (Fsp3) is 0.200. The first-order chi connectivity index (χ1) is 25.8. The Balaban J connectivity index is 0.000000316. The highest BCUT2D eigenvalue weighted by atomic mass is 35.5. The Morgan fingerprint density at radius 2 is 0.926 bits per heavy atom. The molecule has 7 aromatic rings. The van der Waals surface area contributed by atoms with Gasteiger partial charge in [-0.1, -0.05) is 53.5 Å². The minimum absolute atomic E-state index is 0.243. The van der Waals surface area contributed by atoms with Crippen LogP contribution >= 0.6 is 23.2 Å². The molecule has 0 aliphatic carbocycles. The molecule has 7 rings (SSSR count). The van der Waals surface area contributed by atoms with Crippen LogP contribution in [0.2, 0.25) is 10.0 Å². The highest BCUT2D eigenvalue weighted by Crippen LogP contribution is 2.22. The lowest BCUT2D eigenvalue weighted by molar-refractivity contribution is 0.612. The second-order valence-electron chi connectivity index (χ2n) is 11.8. The van der Waals surface area contributed by atoms with Gasteiger partial charge in [-0.25, -0.2) is 4.39 Å². The zero-order valence-electron chi connectivity index (χ0n) is 32.7. The van der Waals surface area contributed by atoms with Crippen molar-refractivity contribution >= 4 is 23.2 Å². The van der Waals surface area contributed by atoms with Crippen LogP contribution in [0, 0.1) is 68.1 Å². The first-order valence-corrected chi connectivity index (χ1v) is 17.9. The SMILES string of the molecule is Cc1c(Cl)cccc1Cl.Cc1ccccn1.Cc1cccnc1.Cc1cccnc1C.Cc1cccnc1C.Cc1ccncc1.Cc1ccncc1F. The fourth-order valence-corrected chi connectivity index (χ4v) is 3.88. The van der Waals surface area contributed by atoms with Gasteiger partial charge in [0.1, 0.15) is 5.82 Å². The van der Waals surface area contributed by atoms with E-state index >= 15 is 0 Å². The van der Waals surface area contributed by atoms with Gasteiger partial charge in [-0.05, 0) is 156 Å². The number of pyridine rings is 6. The molecule has 282 valence electrons. The van der Waals surface area contributed by atoms with Gasteiger partial charge in [-0.3, -0.25) is 29.9 Å². The second kappa shape index (κ2) is 28.2. The van der Waals surface area contributed by atoms with Crippen LogP contribution < -0.4 is 0 Å². The summed E-state index contributed by atoms with van der Waals surface area (Å²) in [6.45, 7) is 17.8. The van der Waals surface area contributed by atoms with Crippen molar-refractivity contribution < 1.29 is 4.39 Å². The van der Waals surface area contributed by atoms with Gasteiger partial charge in [0, 0.05) is 76.7 Å². The topological polar surface area (TPSA) is 77.3 Å². The standard InChI is InChI=1S/C7H6Cl2.2C7H9N.C6H6FN.3C6H7N/c1-5-6(8)3-2-4-7(5)9;2*1-6-4-3-5-8-7(6)2;1-5-2-3-8-4-6(5)7;1-6-2-4-7-5-3-6;1-6-3-2-4-7-5-6;1-6-4-2-3-5-7-6/h2-4H,1H3;2*3-5H,1-2H3;2-4H,1H3;3*2-5H,1H3. The minimum Gasteiger partial charge on any atom is -0.265 e. The molecule has 6 heterocycles. The summed E-state index contributed by atoms with van der Waals surface area (Å²) in [6.07, 6.45) is 15.4. The van der Waals surface area contributed by atoms with E-state index in [0.717, 1.165) is 32.7 Å². The van der Waals surface area contributed by atoms with Crippen molar-refractivity contribution in [1.82, 2.24) is 29.9 Å². The number of aryl methyl sites for hydroxylation is 8. The minimum atomic E-state index is -0.243. The summed E-state index contributed by atoms with van der Waals surface area (Å²) >= 11 is 11.5. The summed E-state index contributed by atoms with van der Waals surface area (Å²) in [4.78, 5) is 23.4.